The van der Waals surface area contributed by atoms with Crippen LogP contribution in [0.25, 0.3) is 0 Å². The lowest BCUT2D eigenvalue weighted by Gasteiger charge is -2.10. The maximum atomic E-state index is 12.2. The zero-order valence-corrected chi connectivity index (χ0v) is 13.8. The second kappa shape index (κ2) is 7.59. The van der Waals surface area contributed by atoms with Crippen LogP contribution in [0.3, 0.4) is 0 Å². The van der Waals surface area contributed by atoms with Gasteiger partial charge in [-0.3, -0.25) is 14.9 Å². The van der Waals surface area contributed by atoms with Gasteiger partial charge in [0.2, 0.25) is 0 Å². The summed E-state index contributed by atoms with van der Waals surface area (Å²) in [5.74, 6) is 0.725. The van der Waals surface area contributed by atoms with Crippen molar-refractivity contribution in [1.29, 1.82) is 0 Å². The van der Waals surface area contributed by atoms with E-state index < -0.39 is 4.92 Å². The van der Waals surface area contributed by atoms with Crippen molar-refractivity contribution in [2.45, 2.75) is 19.8 Å². The molecule has 6 heteroatoms. The van der Waals surface area contributed by atoms with Gasteiger partial charge >= 0.3 is 0 Å². The Morgan fingerprint density at radius 2 is 1.79 bits per heavy atom. The van der Waals surface area contributed by atoms with Gasteiger partial charge in [-0.1, -0.05) is 38.1 Å². The van der Waals surface area contributed by atoms with E-state index in [2.05, 4.69) is 13.8 Å². The summed E-state index contributed by atoms with van der Waals surface area (Å²) in [5, 5.41) is 10.8. The minimum absolute atomic E-state index is 0.102. The molecular formula is C18H19NO5. The molecule has 0 saturated heterocycles. The maximum absolute atomic E-state index is 12.2. The van der Waals surface area contributed by atoms with Crippen molar-refractivity contribution in [2.24, 2.45) is 0 Å². The summed E-state index contributed by atoms with van der Waals surface area (Å²) in [7, 11) is 1.39. The molecule has 0 aliphatic carbocycles. The molecule has 24 heavy (non-hydrogen) atoms. The van der Waals surface area contributed by atoms with Gasteiger partial charge in [0, 0.05) is 11.6 Å². The van der Waals surface area contributed by atoms with Gasteiger partial charge in [-0.15, -0.1) is 0 Å². The lowest BCUT2D eigenvalue weighted by molar-refractivity contribution is -0.384. The number of carbonyl (C=O) groups excluding carboxylic acids is 1. The van der Waals surface area contributed by atoms with Crippen LogP contribution in [0, 0.1) is 10.1 Å². The summed E-state index contributed by atoms with van der Waals surface area (Å²) in [6, 6.07) is 11.4. The number of rotatable bonds is 7. The van der Waals surface area contributed by atoms with Crippen molar-refractivity contribution in [3.63, 3.8) is 0 Å². The molecule has 0 aromatic heterocycles. The van der Waals surface area contributed by atoms with Gasteiger partial charge in [0.25, 0.3) is 5.69 Å². The van der Waals surface area contributed by atoms with Crippen LogP contribution in [0.5, 0.6) is 11.5 Å². The number of hydrogen-bond donors (Lipinski definition) is 0. The van der Waals surface area contributed by atoms with Crippen molar-refractivity contribution in [1.82, 2.24) is 0 Å². The zero-order valence-electron chi connectivity index (χ0n) is 13.8. The van der Waals surface area contributed by atoms with E-state index in [-0.39, 0.29) is 29.6 Å². The van der Waals surface area contributed by atoms with Crippen LogP contribution in [-0.2, 0) is 0 Å². The van der Waals surface area contributed by atoms with Gasteiger partial charge in [0.05, 0.1) is 18.1 Å². The Morgan fingerprint density at radius 1 is 1.12 bits per heavy atom. The van der Waals surface area contributed by atoms with E-state index in [1.165, 1.54) is 25.3 Å². The molecule has 0 spiro atoms. The maximum Gasteiger partial charge on any atom is 0.273 e. The first-order valence-corrected chi connectivity index (χ1v) is 7.50. The van der Waals surface area contributed by atoms with Crippen LogP contribution in [0.2, 0.25) is 0 Å². The highest BCUT2D eigenvalue weighted by Crippen LogP contribution is 2.31. The van der Waals surface area contributed by atoms with Crippen molar-refractivity contribution in [3.8, 4) is 11.5 Å². The van der Waals surface area contributed by atoms with Gasteiger partial charge in [0.1, 0.15) is 0 Å². The highest BCUT2D eigenvalue weighted by molar-refractivity contribution is 5.97. The smallest absolute Gasteiger partial charge is 0.273 e. The van der Waals surface area contributed by atoms with Gasteiger partial charge in [-0.05, 0) is 17.5 Å². The lowest BCUT2D eigenvalue weighted by Crippen LogP contribution is -2.12. The summed E-state index contributed by atoms with van der Waals surface area (Å²) in [5.41, 5.74) is 1.61. The van der Waals surface area contributed by atoms with E-state index in [0.29, 0.717) is 11.5 Å². The quantitative estimate of drug-likeness (QED) is 0.436. The summed E-state index contributed by atoms with van der Waals surface area (Å²) in [6.45, 7) is 4.00. The first-order valence-electron chi connectivity index (χ1n) is 7.50. The number of carbonyl (C=O) groups is 1. The largest absolute Gasteiger partial charge is 0.493 e. The standard InChI is InChI=1S/C18H19NO5/c1-12(2)13-4-6-14(7-5-13)16(20)11-24-17-9-8-15(19(21)22)10-18(17)23-3/h4-10,12H,11H2,1-3H3. The third kappa shape index (κ3) is 4.10. The third-order valence-electron chi connectivity index (χ3n) is 3.62. The molecular weight excluding hydrogens is 310 g/mol. The Bertz CT molecular complexity index is 738. The molecule has 0 amide bonds. The number of benzene rings is 2. The molecule has 0 unspecified atom stereocenters. The summed E-state index contributed by atoms with van der Waals surface area (Å²) < 4.78 is 10.5. The fourth-order valence-corrected chi connectivity index (χ4v) is 2.17. The normalized spacial score (nSPS) is 10.5. The molecule has 2 rings (SSSR count). The SMILES string of the molecule is COc1cc([N+](=O)[O-])ccc1OCC(=O)c1ccc(C(C)C)cc1. The van der Waals surface area contributed by atoms with Crippen LogP contribution in [-0.4, -0.2) is 24.4 Å². The molecule has 0 heterocycles. The van der Waals surface area contributed by atoms with E-state index in [4.69, 9.17) is 9.47 Å². The van der Waals surface area contributed by atoms with Gasteiger partial charge in [0.15, 0.2) is 23.9 Å². The van der Waals surface area contributed by atoms with Crippen LogP contribution in [0.4, 0.5) is 5.69 Å². The first-order chi connectivity index (χ1) is 11.4. The molecule has 0 atom stereocenters. The van der Waals surface area contributed by atoms with Crippen LogP contribution < -0.4 is 9.47 Å². The van der Waals surface area contributed by atoms with Crippen molar-refractivity contribution < 1.29 is 19.2 Å². The predicted octanol–water partition coefficient (Wildman–Crippen LogP) is 3.99. The van der Waals surface area contributed by atoms with Crippen LogP contribution in [0.1, 0.15) is 35.7 Å². The van der Waals surface area contributed by atoms with Gasteiger partial charge < -0.3 is 9.47 Å². The molecule has 0 aliphatic rings. The lowest BCUT2D eigenvalue weighted by atomic mass is 10.0. The molecule has 0 N–H and O–H groups in total. The molecule has 0 aliphatic heterocycles. The fourth-order valence-electron chi connectivity index (χ4n) is 2.17. The first kappa shape index (κ1) is 17.5. The average molecular weight is 329 g/mol. The Labute approximate surface area is 140 Å². The third-order valence-corrected chi connectivity index (χ3v) is 3.62. The average Bonchev–Trinajstić information content (AvgIpc) is 2.59. The Kier molecular flexibility index (Phi) is 5.52. The van der Waals surface area contributed by atoms with Crippen molar-refractivity contribution in [2.75, 3.05) is 13.7 Å². The van der Waals surface area contributed by atoms with Gasteiger partial charge in [-0.2, -0.15) is 0 Å². The van der Waals surface area contributed by atoms with Crippen LogP contribution >= 0.6 is 0 Å². The molecule has 0 saturated carbocycles. The Morgan fingerprint density at radius 3 is 2.33 bits per heavy atom. The highest BCUT2D eigenvalue weighted by atomic mass is 16.6. The number of ketones is 1. The second-order valence-electron chi connectivity index (χ2n) is 5.58. The molecule has 2 aromatic carbocycles. The molecule has 0 fully saturated rings. The number of non-ortho nitro benzene ring substituents is 1. The molecule has 0 bridgehead atoms. The van der Waals surface area contributed by atoms with E-state index in [0.717, 1.165) is 5.56 Å². The summed E-state index contributed by atoms with van der Waals surface area (Å²) in [6.07, 6.45) is 0. The molecule has 0 radical (unpaired) electrons. The minimum atomic E-state index is -0.520. The van der Waals surface area contributed by atoms with Crippen molar-refractivity contribution in [3.05, 3.63) is 63.7 Å². The van der Waals surface area contributed by atoms with Crippen LogP contribution in [0.15, 0.2) is 42.5 Å². The fraction of sp³-hybridized carbons (Fsp3) is 0.278. The number of nitrogens with zero attached hydrogens (tertiary/aromatic N) is 1. The topological polar surface area (TPSA) is 78.7 Å². The number of methoxy groups -OCH3 is 1. The van der Waals surface area contributed by atoms with E-state index >= 15 is 0 Å². The zero-order chi connectivity index (χ0) is 17.7. The highest BCUT2D eigenvalue weighted by Gasteiger charge is 2.14. The predicted molar refractivity (Wildman–Crippen MR) is 90.0 cm³/mol. The number of hydrogen-bond acceptors (Lipinski definition) is 5. The Balaban J connectivity index is 2.07. The summed E-state index contributed by atoms with van der Waals surface area (Å²) in [4.78, 5) is 22.4. The number of Topliss-reactive ketones (excluding diaryl/α,β-unsaturated/α-hetero) is 1. The van der Waals surface area contributed by atoms with E-state index in [1.54, 1.807) is 12.1 Å². The van der Waals surface area contributed by atoms with E-state index in [9.17, 15) is 14.9 Å². The summed E-state index contributed by atoms with van der Waals surface area (Å²) >= 11 is 0. The molecule has 126 valence electrons. The molecule has 2 aromatic rings. The Hall–Kier alpha value is -2.89. The minimum Gasteiger partial charge on any atom is -0.493 e. The van der Waals surface area contributed by atoms with Crippen molar-refractivity contribution >= 4 is 11.5 Å². The van der Waals surface area contributed by atoms with Gasteiger partial charge in [-0.25, -0.2) is 0 Å². The monoisotopic (exact) mass is 329 g/mol. The second-order valence-corrected chi connectivity index (χ2v) is 5.58. The number of ether oxygens (including phenoxy) is 2. The number of nitro groups is 1. The number of nitro benzene ring substituents is 1. The molecule has 6 nitrogen and oxygen atoms in total. The van der Waals surface area contributed by atoms with E-state index in [1.807, 2.05) is 12.1 Å².